The largest absolute Gasteiger partial charge is 0.338 e. The Labute approximate surface area is 110 Å². The van der Waals surface area contributed by atoms with Crippen molar-refractivity contribution >= 4 is 0 Å². The number of likely N-dealkylation sites (N-methyl/N-ethyl adjacent to an activating group) is 1. The van der Waals surface area contributed by atoms with Gasteiger partial charge in [-0.05, 0) is 13.5 Å². The average molecular weight is 251 g/mol. The van der Waals surface area contributed by atoms with E-state index in [1.807, 2.05) is 13.4 Å². The molecule has 18 heavy (non-hydrogen) atoms. The lowest BCUT2D eigenvalue weighted by atomic mass is 10.1. The minimum absolute atomic E-state index is 0.269. The van der Waals surface area contributed by atoms with Gasteiger partial charge in [0, 0.05) is 45.5 Å². The molecule has 1 aliphatic rings. The number of aryl methyl sites for hydroxylation is 1. The van der Waals surface area contributed by atoms with E-state index in [1.54, 1.807) is 0 Å². The molecule has 2 rings (SSSR count). The van der Waals surface area contributed by atoms with Crippen molar-refractivity contribution in [3.05, 3.63) is 17.7 Å². The van der Waals surface area contributed by atoms with Gasteiger partial charge >= 0.3 is 0 Å². The summed E-state index contributed by atoms with van der Waals surface area (Å²) in [5.74, 6) is 0. The minimum atomic E-state index is 0.269. The van der Waals surface area contributed by atoms with Crippen molar-refractivity contribution in [2.75, 3.05) is 39.3 Å². The summed E-state index contributed by atoms with van der Waals surface area (Å²) in [4.78, 5) is 9.48. The summed E-state index contributed by atoms with van der Waals surface area (Å²) in [6.45, 7) is 10.6. The number of hydrogen-bond acceptors (Lipinski definition) is 4. The summed E-state index contributed by atoms with van der Waals surface area (Å²) in [6.07, 6.45) is 1.88. The maximum Gasteiger partial charge on any atom is 0.0949 e. The van der Waals surface area contributed by atoms with Gasteiger partial charge in [-0.15, -0.1) is 0 Å². The number of imidazole rings is 1. The molecule has 0 saturated carbocycles. The van der Waals surface area contributed by atoms with Crippen molar-refractivity contribution in [2.24, 2.45) is 12.8 Å². The highest BCUT2D eigenvalue weighted by Crippen LogP contribution is 2.22. The molecular formula is C13H25N5. The first-order valence-electron chi connectivity index (χ1n) is 6.81. The molecule has 1 saturated heterocycles. The van der Waals surface area contributed by atoms with E-state index in [4.69, 9.17) is 5.73 Å². The fourth-order valence-corrected chi connectivity index (χ4v) is 2.66. The van der Waals surface area contributed by atoms with Crippen LogP contribution in [0.15, 0.2) is 6.33 Å². The molecule has 0 spiro atoms. The van der Waals surface area contributed by atoms with Gasteiger partial charge in [0.05, 0.1) is 18.1 Å². The number of piperazine rings is 1. The Morgan fingerprint density at radius 1 is 1.33 bits per heavy atom. The predicted octanol–water partition coefficient (Wildman–Crippen LogP) is 0.366. The number of aromatic nitrogens is 2. The van der Waals surface area contributed by atoms with Gasteiger partial charge in [0.2, 0.25) is 0 Å². The van der Waals surface area contributed by atoms with E-state index in [0.717, 1.165) is 38.4 Å². The molecule has 1 unspecified atom stereocenters. The van der Waals surface area contributed by atoms with E-state index < -0.39 is 0 Å². The first-order chi connectivity index (χ1) is 8.67. The molecular weight excluding hydrogens is 226 g/mol. The van der Waals surface area contributed by atoms with Gasteiger partial charge in [0.1, 0.15) is 0 Å². The van der Waals surface area contributed by atoms with E-state index in [9.17, 15) is 0 Å². The molecule has 0 amide bonds. The fourth-order valence-electron chi connectivity index (χ4n) is 2.66. The second kappa shape index (κ2) is 5.82. The van der Waals surface area contributed by atoms with Gasteiger partial charge in [-0.3, -0.25) is 4.90 Å². The predicted molar refractivity (Wildman–Crippen MR) is 73.4 cm³/mol. The van der Waals surface area contributed by atoms with Gasteiger partial charge in [-0.25, -0.2) is 4.98 Å². The second-order valence-electron chi connectivity index (χ2n) is 5.05. The van der Waals surface area contributed by atoms with E-state index in [-0.39, 0.29) is 6.04 Å². The summed E-state index contributed by atoms with van der Waals surface area (Å²) in [6, 6.07) is 0.269. The molecule has 0 aliphatic carbocycles. The average Bonchev–Trinajstić information content (AvgIpc) is 2.73. The number of hydrogen-bond donors (Lipinski definition) is 1. The lowest BCUT2D eigenvalue weighted by molar-refractivity contribution is 0.100. The van der Waals surface area contributed by atoms with Gasteiger partial charge < -0.3 is 15.2 Å². The van der Waals surface area contributed by atoms with E-state index in [2.05, 4.69) is 33.2 Å². The molecule has 1 aromatic heterocycles. The molecule has 2 N–H and O–H groups in total. The highest BCUT2D eigenvalue weighted by Gasteiger charge is 2.26. The van der Waals surface area contributed by atoms with Crippen molar-refractivity contribution in [3.63, 3.8) is 0 Å². The first kappa shape index (κ1) is 13.5. The Hall–Kier alpha value is -0.910. The third kappa shape index (κ3) is 2.58. The first-order valence-corrected chi connectivity index (χ1v) is 6.81. The van der Waals surface area contributed by atoms with Crippen molar-refractivity contribution in [1.29, 1.82) is 0 Å². The zero-order valence-corrected chi connectivity index (χ0v) is 11.8. The topological polar surface area (TPSA) is 50.3 Å². The van der Waals surface area contributed by atoms with Crippen LogP contribution in [0, 0.1) is 6.92 Å². The smallest absolute Gasteiger partial charge is 0.0949 e. The van der Waals surface area contributed by atoms with Crippen LogP contribution in [0.5, 0.6) is 0 Å². The van der Waals surface area contributed by atoms with Crippen LogP contribution in [-0.2, 0) is 7.05 Å². The van der Waals surface area contributed by atoms with Crippen LogP contribution in [-0.4, -0.2) is 58.6 Å². The minimum Gasteiger partial charge on any atom is -0.338 e. The molecule has 0 radical (unpaired) electrons. The lowest BCUT2D eigenvalue weighted by Crippen LogP contribution is -2.49. The molecule has 1 aliphatic heterocycles. The fraction of sp³-hybridized carbons (Fsp3) is 0.769. The maximum atomic E-state index is 5.98. The molecule has 5 nitrogen and oxygen atoms in total. The van der Waals surface area contributed by atoms with Crippen LogP contribution in [0.4, 0.5) is 0 Å². The number of rotatable bonds is 4. The van der Waals surface area contributed by atoms with Crippen molar-refractivity contribution in [3.8, 4) is 0 Å². The normalized spacial score (nSPS) is 20.2. The maximum absolute atomic E-state index is 5.98. The highest BCUT2D eigenvalue weighted by atomic mass is 15.3. The third-order valence-electron chi connectivity index (χ3n) is 4.10. The Morgan fingerprint density at radius 3 is 2.44 bits per heavy atom. The lowest BCUT2D eigenvalue weighted by Gasteiger charge is -2.38. The van der Waals surface area contributed by atoms with Gasteiger partial charge in [-0.1, -0.05) is 6.92 Å². The monoisotopic (exact) mass is 251 g/mol. The van der Waals surface area contributed by atoms with E-state index >= 15 is 0 Å². The zero-order valence-electron chi connectivity index (χ0n) is 11.8. The quantitative estimate of drug-likeness (QED) is 0.840. The van der Waals surface area contributed by atoms with Crippen molar-refractivity contribution < 1.29 is 0 Å². The van der Waals surface area contributed by atoms with Crippen LogP contribution in [0.1, 0.15) is 24.4 Å². The summed E-state index contributed by atoms with van der Waals surface area (Å²) in [7, 11) is 2.04. The molecule has 102 valence electrons. The van der Waals surface area contributed by atoms with Crippen LogP contribution < -0.4 is 5.73 Å². The summed E-state index contributed by atoms with van der Waals surface area (Å²) < 4.78 is 2.07. The molecule has 2 heterocycles. The highest BCUT2D eigenvalue weighted by molar-refractivity contribution is 5.16. The molecule has 1 aromatic rings. The Balaban J connectivity index is 2.08. The Bertz CT molecular complexity index is 379. The van der Waals surface area contributed by atoms with E-state index in [0.29, 0.717) is 6.54 Å². The van der Waals surface area contributed by atoms with Crippen molar-refractivity contribution in [1.82, 2.24) is 19.4 Å². The summed E-state index contributed by atoms with van der Waals surface area (Å²) in [5.41, 5.74) is 8.35. The van der Waals surface area contributed by atoms with E-state index in [1.165, 1.54) is 5.69 Å². The number of nitrogens with zero attached hydrogens (tertiary/aromatic N) is 4. The Kier molecular flexibility index (Phi) is 4.37. The molecule has 0 bridgehead atoms. The van der Waals surface area contributed by atoms with Crippen LogP contribution in [0.2, 0.25) is 0 Å². The van der Waals surface area contributed by atoms with Gasteiger partial charge in [-0.2, -0.15) is 0 Å². The standard InChI is InChI=1S/C13H25N5/c1-4-17-5-7-18(8-6-17)12(9-14)13-11(2)16(3)10-15-13/h10,12H,4-9,14H2,1-3H3. The Morgan fingerprint density at radius 2 is 2.00 bits per heavy atom. The molecule has 1 fully saturated rings. The molecule has 5 heteroatoms. The van der Waals surface area contributed by atoms with Crippen LogP contribution in [0.3, 0.4) is 0 Å². The zero-order chi connectivity index (χ0) is 13.1. The van der Waals surface area contributed by atoms with Crippen LogP contribution in [0.25, 0.3) is 0 Å². The summed E-state index contributed by atoms with van der Waals surface area (Å²) >= 11 is 0. The third-order valence-corrected chi connectivity index (χ3v) is 4.10. The summed E-state index contributed by atoms with van der Waals surface area (Å²) in [5, 5.41) is 0. The second-order valence-corrected chi connectivity index (χ2v) is 5.05. The van der Waals surface area contributed by atoms with Crippen molar-refractivity contribution in [2.45, 2.75) is 19.9 Å². The molecule has 0 aromatic carbocycles. The molecule has 1 atom stereocenters. The van der Waals surface area contributed by atoms with Gasteiger partial charge in [0.25, 0.3) is 0 Å². The SMILES string of the molecule is CCN1CCN(C(CN)c2ncn(C)c2C)CC1. The number of nitrogens with two attached hydrogens (primary N) is 1. The van der Waals surface area contributed by atoms with Gasteiger partial charge in [0.15, 0.2) is 0 Å². The van der Waals surface area contributed by atoms with Crippen LogP contribution >= 0.6 is 0 Å².